The number of benzene rings is 1. The van der Waals surface area contributed by atoms with E-state index in [1.807, 2.05) is 22.8 Å². The first-order valence-corrected chi connectivity index (χ1v) is 13.0. The molecule has 0 spiro atoms. The summed E-state index contributed by atoms with van der Waals surface area (Å²) in [7, 11) is 3.43. The number of rotatable bonds is 6. The highest BCUT2D eigenvalue weighted by molar-refractivity contribution is 6.09. The van der Waals surface area contributed by atoms with Gasteiger partial charge in [-0.25, -0.2) is 9.50 Å². The van der Waals surface area contributed by atoms with E-state index in [1.165, 1.54) is 7.11 Å². The number of carbonyl (C=O) groups excluding carboxylic acids is 2. The maximum Gasteiger partial charge on any atom is 0.259 e. The fourth-order valence-electron chi connectivity index (χ4n) is 5.68. The summed E-state index contributed by atoms with van der Waals surface area (Å²) in [6, 6.07) is 5.80. The first-order chi connectivity index (χ1) is 18.4. The molecule has 3 aromatic heterocycles. The van der Waals surface area contributed by atoms with Crippen LogP contribution in [0.2, 0.25) is 0 Å². The van der Waals surface area contributed by atoms with Gasteiger partial charge in [0.15, 0.2) is 5.65 Å². The SMILES string of the molecule is COc1cc2nn(C3CCC(N(C)C(=O)C4CC(O)C4)CC3)cc2cc1C(=O)Nc1cnn2cccnc12. The van der Waals surface area contributed by atoms with Crippen LogP contribution in [0.3, 0.4) is 0 Å². The number of aliphatic hydroxyl groups is 1. The lowest BCUT2D eigenvalue weighted by Crippen LogP contribution is -2.47. The van der Waals surface area contributed by atoms with E-state index in [9.17, 15) is 14.7 Å². The average Bonchev–Trinajstić information content (AvgIpc) is 3.53. The van der Waals surface area contributed by atoms with Gasteiger partial charge < -0.3 is 20.1 Å². The minimum absolute atomic E-state index is 0.0328. The van der Waals surface area contributed by atoms with E-state index in [0.717, 1.165) is 36.6 Å². The molecule has 38 heavy (non-hydrogen) atoms. The molecule has 11 nitrogen and oxygen atoms in total. The Morgan fingerprint density at radius 2 is 1.97 bits per heavy atom. The topological polar surface area (TPSA) is 127 Å². The molecule has 2 saturated carbocycles. The van der Waals surface area contributed by atoms with E-state index in [4.69, 9.17) is 9.84 Å². The molecule has 2 N–H and O–H groups in total. The van der Waals surface area contributed by atoms with Gasteiger partial charge in [0.2, 0.25) is 5.91 Å². The third kappa shape index (κ3) is 4.36. The molecule has 0 atom stereocenters. The number of ether oxygens (including phenoxy) is 1. The van der Waals surface area contributed by atoms with E-state index in [2.05, 4.69) is 15.4 Å². The van der Waals surface area contributed by atoms with Gasteiger partial charge in [-0.05, 0) is 50.7 Å². The molecule has 2 aliphatic carbocycles. The molecule has 0 unspecified atom stereocenters. The Morgan fingerprint density at radius 1 is 1.18 bits per heavy atom. The number of aromatic nitrogens is 5. The highest BCUT2D eigenvalue weighted by atomic mass is 16.5. The Labute approximate surface area is 219 Å². The van der Waals surface area contributed by atoms with Crippen molar-refractivity contribution < 1.29 is 19.4 Å². The van der Waals surface area contributed by atoms with Crippen molar-refractivity contribution in [3.8, 4) is 5.75 Å². The predicted octanol–water partition coefficient (Wildman–Crippen LogP) is 3.05. The lowest BCUT2D eigenvalue weighted by atomic mass is 9.80. The molecule has 2 fully saturated rings. The summed E-state index contributed by atoms with van der Waals surface area (Å²) in [6.45, 7) is 0. The Hall–Kier alpha value is -3.99. The molecule has 2 amide bonds. The first-order valence-electron chi connectivity index (χ1n) is 13.0. The molecule has 198 valence electrons. The van der Waals surface area contributed by atoms with E-state index >= 15 is 0 Å². The van der Waals surface area contributed by atoms with Crippen LogP contribution in [0.1, 0.15) is 54.9 Å². The standard InChI is InChI=1S/C27H31N7O4/c1-32(27(37)16-10-20(35)11-16)18-4-6-19(7-5-18)34-15-17-12-21(24(38-2)13-22(17)31-34)26(36)30-23-14-29-33-9-3-8-28-25(23)33/h3,8-9,12-16,18-20,35H,4-7,10-11H2,1-2H3,(H,30,36). The number of carbonyl (C=O) groups is 2. The second-order valence-corrected chi connectivity index (χ2v) is 10.4. The monoisotopic (exact) mass is 517 g/mol. The summed E-state index contributed by atoms with van der Waals surface area (Å²) >= 11 is 0. The van der Waals surface area contributed by atoms with Crippen LogP contribution in [-0.4, -0.2) is 72.5 Å². The number of methoxy groups -OCH3 is 1. The normalized spacial score (nSPS) is 23.2. The third-order valence-electron chi connectivity index (χ3n) is 8.01. The van der Waals surface area contributed by atoms with Crippen molar-refractivity contribution in [1.82, 2.24) is 29.3 Å². The molecule has 0 saturated heterocycles. The van der Waals surface area contributed by atoms with Gasteiger partial charge in [-0.2, -0.15) is 10.2 Å². The fourth-order valence-corrected chi connectivity index (χ4v) is 5.68. The molecule has 2 aliphatic rings. The number of fused-ring (bicyclic) bond motifs is 2. The van der Waals surface area contributed by atoms with Crippen LogP contribution in [0.4, 0.5) is 5.69 Å². The summed E-state index contributed by atoms with van der Waals surface area (Å²) in [5, 5.41) is 22.3. The van der Waals surface area contributed by atoms with Crippen molar-refractivity contribution in [2.45, 2.75) is 56.7 Å². The van der Waals surface area contributed by atoms with Gasteiger partial charge in [0.05, 0.1) is 36.5 Å². The molecular formula is C27H31N7O4. The molecule has 11 heteroatoms. The Kier molecular flexibility index (Phi) is 6.22. The maximum atomic E-state index is 13.2. The fraction of sp³-hybridized carbons (Fsp3) is 0.444. The van der Waals surface area contributed by atoms with Gasteiger partial charge in [-0.3, -0.25) is 14.3 Å². The number of anilines is 1. The molecular weight excluding hydrogens is 486 g/mol. The zero-order chi connectivity index (χ0) is 26.4. The number of nitrogens with zero attached hydrogens (tertiary/aromatic N) is 6. The third-order valence-corrected chi connectivity index (χ3v) is 8.01. The second-order valence-electron chi connectivity index (χ2n) is 10.4. The summed E-state index contributed by atoms with van der Waals surface area (Å²) in [5.41, 5.74) is 2.23. The van der Waals surface area contributed by atoms with E-state index in [1.54, 1.807) is 41.3 Å². The van der Waals surface area contributed by atoms with Crippen molar-refractivity contribution in [3.63, 3.8) is 0 Å². The molecule has 6 rings (SSSR count). The molecule has 0 aliphatic heterocycles. The van der Waals surface area contributed by atoms with E-state index < -0.39 is 0 Å². The van der Waals surface area contributed by atoms with Crippen LogP contribution in [0.15, 0.2) is 43.0 Å². The molecule has 3 heterocycles. The summed E-state index contributed by atoms with van der Waals surface area (Å²) in [6.07, 6.45) is 11.4. The highest BCUT2D eigenvalue weighted by Crippen LogP contribution is 2.35. The van der Waals surface area contributed by atoms with Gasteiger partial charge in [0.1, 0.15) is 11.4 Å². The van der Waals surface area contributed by atoms with Crippen molar-refractivity contribution in [2.75, 3.05) is 19.5 Å². The van der Waals surface area contributed by atoms with Gasteiger partial charge in [-0.1, -0.05) is 0 Å². The van der Waals surface area contributed by atoms with E-state index in [-0.39, 0.29) is 35.9 Å². The smallest absolute Gasteiger partial charge is 0.259 e. The molecule has 4 aromatic rings. The summed E-state index contributed by atoms with van der Waals surface area (Å²) < 4.78 is 9.12. The quantitative estimate of drug-likeness (QED) is 0.402. The molecule has 0 radical (unpaired) electrons. The number of hydrogen-bond acceptors (Lipinski definition) is 7. The number of amides is 2. The summed E-state index contributed by atoms with van der Waals surface area (Å²) in [4.78, 5) is 32.1. The molecule has 0 bridgehead atoms. The lowest BCUT2D eigenvalue weighted by Gasteiger charge is -2.39. The zero-order valence-corrected chi connectivity index (χ0v) is 21.4. The first kappa shape index (κ1) is 24.4. The van der Waals surface area contributed by atoms with Crippen molar-refractivity contribution in [3.05, 3.63) is 48.5 Å². The number of aliphatic hydroxyl groups excluding tert-OH is 1. The van der Waals surface area contributed by atoms with Gasteiger partial charge in [-0.15, -0.1) is 0 Å². The number of nitrogens with one attached hydrogen (secondary N) is 1. The average molecular weight is 518 g/mol. The minimum atomic E-state index is -0.324. The minimum Gasteiger partial charge on any atom is -0.496 e. The molecule has 1 aromatic carbocycles. The van der Waals surface area contributed by atoms with Crippen molar-refractivity contribution >= 4 is 34.1 Å². The van der Waals surface area contributed by atoms with Crippen LogP contribution in [0.25, 0.3) is 16.6 Å². The highest BCUT2D eigenvalue weighted by Gasteiger charge is 2.37. The Balaban J connectivity index is 1.16. The van der Waals surface area contributed by atoms with Crippen LogP contribution >= 0.6 is 0 Å². The van der Waals surface area contributed by atoms with Crippen molar-refractivity contribution in [1.29, 1.82) is 0 Å². The largest absolute Gasteiger partial charge is 0.496 e. The van der Waals surface area contributed by atoms with Crippen LogP contribution < -0.4 is 10.1 Å². The van der Waals surface area contributed by atoms with Gasteiger partial charge in [0.25, 0.3) is 5.91 Å². The van der Waals surface area contributed by atoms with E-state index in [0.29, 0.717) is 35.5 Å². The lowest BCUT2D eigenvalue weighted by molar-refractivity contribution is -0.143. The Morgan fingerprint density at radius 3 is 2.71 bits per heavy atom. The van der Waals surface area contributed by atoms with Crippen LogP contribution in [0.5, 0.6) is 5.75 Å². The van der Waals surface area contributed by atoms with Gasteiger partial charge in [0, 0.05) is 49.1 Å². The predicted molar refractivity (Wildman–Crippen MR) is 140 cm³/mol. The van der Waals surface area contributed by atoms with Gasteiger partial charge >= 0.3 is 0 Å². The second kappa shape index (κ2) is 9.71. The Bertz CT molecular complexity index is 1500. The summed E-state index contributed by atoms with van der Waals surface area (Å²) in [5.74, 6) is 0.245. The number of hydrogen-bond donors (Lipinski definition) is 2. The van der Waals surface area contributed by atoms with Crippen molar-refractivity contribution in [2.24, 2.45) is 5.92 Å². The van der Waals surface area contributed by atoms with Crippen LogP contribution in [0, 0.1) is 5.92 Å². The zero-order valence-electron chi connectivity index (χ0n) is 21.4. The van der Waals surface area contributed by atoms with Crippen LogP contribution in [-0.2, 0) is 4.79 Å². The maximum absolute atomic E-state index is 13.2.